The minimum absolute atomic E-state index is 0.244. The fraction of sp³-hybridized carbons (Fsp3) is 0.818. The number of nitrogens with zero attached hydrogens (tertiary/aromatic N) is 4. The van der Waals surface area contributed by atoms with Crippen LogP contribution >= 0.6 is 46.3 Å². The summed E-state index contributed by atoms with van der Waals surface area (Å²) in [4.78, 5) is 8.68. The highest BCUT2D eigenvalue weighted by atomic mass is 35.6. The summed E-state index contributed by atoms with van der Waals surface area (Å²) >= 11 is 18.5. The summed E-state index contributed by atoms with van der Waals surface area (Å²) in [5.74, 6) is 0.244. The second-order valence-corrected chi connectivity index (χ2v) is 7.21. The molecule has 1 rings (SSSR count). The van der Waals surface area contributed by atoms with E-state index in [1.54, 1.807) is 0 Å². The fourth-order valence-corrected chi connectivity index (χ4v) is 2.76. The molecule has 8 heteroatoms. The highest BCUT2D eigenvalue weighted by Crippen LogP contribution is 2.37. The molecular weight excluding hydrogens is 327 g/mol. The first-order chi connectivity index (χ1) is 8.88. The van der Waals surface area contributed by atoms with E-state index in [2.05, 4.69) is 28.1 Å². The SMILES string of the molecule is CCN(CC)CCCN(C)c1nc(C(Cl)(Cl)Cl)ns1. The summed E-state index contributed by atoms with van der Waals surface area (Å²) in [6.07, 6.45) is 1.07. The molecule has 1 aromatic rings. The molecule has 0 unspecified atom stereocenters. The molecule has 0 atom stereocenters. The number of hydrogen-bond acceptors (Lipinski definition) is 5. The lowest BCUT2D eigenvalue weighted by molar-refractivity contribution is 0.301. The van der Waals surface area contributed by atoms with E-state index in [1.807, 2.05) is 11.9 Å². The molecule has 0 aromatic carbocycles. The molecule has 19 heavy (non-hydrogen) atoms. The van der Waals surface area contributed by atoms with Crippen LogP contribution < -0.4 is 4.90 Å². The van der Waals surface area contributed by atoms with Crippen LogP contribution in [0.15, 0.2) is 0 Å². The molecule has 4 nitrogen and oxygen atoms in total. The van der Waals surface area contributed by atoms with Gasteiger partial charge in [-0.1, -0.05) is 48.7 Å². The number of hydrogen-bond donors (Lipinski definition) is 0. The van der Waals surface area contributed by atoms with Gasteiger partial charge in [-0.15, -0.1) is 0 Å². The lowest BCUT2D eigenvalue weighted by Crippen LogP contribution is -2.28. The first-order valence-corrected chi connectivity index (χ1v) is 8.13. The van der Waals surface area contributed by atoms with E-state index in [0.717, 1.165) is 37.7 Å². The van der Waals surface area contributed by atoms with E-state index < -0.39 is 3.79 Å². The lowest BCUT2D eigenvalue weighted by atomic mass is 10.3. The third kappa shape index (κ3) is 5.60. The Morgan fingerprint density at radius 2 is 1.79 bits per heavy atom. The average molecular weight is 346 g/mol. The molecule has 0 saturated heterocycles. The minimum Gasteiger partial charge on any atom is -0.350 e. The third-order valence-electron chi connectivity index (χ3n) is 2.86. The van der Waals surface area contributed by atoms with Gasteiger partial charge in [0.1, 0.15) is 0 Å². The number of alkyl halides is 3. The highest BCUT2D eigenvalue weighted by Gasteiger charge is 2.28. The molecule has 0 bridgehead atoms. The Hall–Kier alpha value is 0.190. The van der Waals surface area contributed by atoms with Crippen molar-refractivity contribution < 1.29 is 0 Å². The molecule has 0 spiro atoms. The van der Waals surface area contributed by atoms with Crippen molar-refractivity contribution in [1.82, 2.24) is 14.3 Å². The maximum Gasteiger partial charge on any atom is 0.251 e. The van der Waals surface area contributed by atoms with E-state index in [0.29, 0.717) is 0 Å². The van der Waals surface area contributed by atoms with Crippen LogP contribution in [0.5, 0.6) is 0 Å². The summed E-state index contributed by atoms with van der Waals surface area (Å²) in [5.41, 5.74) is 0. The Morgan fingerprint density at radius 1 is 1.16 bits per heavy atom. The van der Waals surface area contributed by atoms with Gasteiger partial charge in [-0.05, 0) is 26.1 Å². The van der Waals surface area contributed by atoms with Crippen molar-refractivity contribution in [2.45, 2.75) is 24.1 Å². The molecule has 0 fully saturated rings. The van der Waals surface area contributed by atoms with Gasteiger partial charge in [0, 0.05) is 25.1 Å². The van der Waals surface area contributed by atoms with Crippen molar-refractivity contribution in [3.05, 3.63) is 5.82 Å². The van der Waals surface area contributed by atoms with Gasteiger partial charge < -0.3 is 9.80 Å². The lowest BCUT2D eigenvalue weighted by Gasteiger charge is -2.20. The number of aromatic nitrogens is 2. The summed E-state index contributed by atoms with van der Waals surface area (Å²) in [6, 6.07) is 0. The predicted molar refractivity (Wildman–Crippen MR) is 84.8 cm³/mol. The molecule has 0 saturated carbocycles. The molecule has 1 heterocycles. The molecule has 0 aliphatic heterocycles. The summed E-state index contributed by atoms with van der Waals surface area (Å²) < 4.78 is 2.52. The zero-order chi connectivity index (χ0) is 14.5. The van der Waals surface area contributed by atoms with Crippen LogP contribution in [-0.2, 0) is 3.79 Å². The summed E-state index contributed by atoms with van der Waals surface area (Å²) in [7, 11) is 1.98. The maximum absolute atomic E-state index is 5.75. The molecule has 0 aliphatic carbocycles. The van der Waals surface area contributed by atoms with E-state index in [-0.39, 0.29) is 5.82 Å². The summed E-state index contributed by atoms with van der Waals surface area (Å²) in [5, 5.41) is 0.779. The Bertz CT molecular complexity index is 376. The van der Waals surface area contributed by atoms with Crippen LogP contribution in [0.2, 0.25) is 0 Å². The monoisotopic (exact) mass is 344 g/mol. The van der Waals surface area contributed by atoms with E-state index in [9.17, 15) is 0 Å². The molecule has 0 radical (unpaired) electrons. The fourth-order valence-electron chi connectivity index (χ4n) is 1.65. The van der Waals surface area contributed by atoms with Crippen LogP contribution in [0.3, 0.4) is 0 Å². The van der Waals surface area contributed by atoms with Crippen LogP contribution in [0.1, 0.15) is 26.1 Å². The first-order valence-electron chi connectivity index (χ1n) is 6.22. The topological polar surface area (TPSA) is 32.3 Å². The Labute approximate surface area is 133 Å². The van der Waals surface area contributed by atoms with E-state index >= 15 is 0 Å². The predicted octanol–water partition coefficient (Wildman–Crippen LogP) is 3.53. The van der Waals surface area contributed by atoms with E-state index in [1.165, 1.54) is 11.5 Å². The molecule has 1 aromatic heterocycles. The van der Waals surface area contributed by atoms with Gasteiger partial charge in [-0.2, -0.15) is 9.36 Å². The molecular formula is C11H19Cl3N4S. The van der Waals surface area contributed by atoms with Crippen molar-refractivity contribution in [3.63, 3.8) is 0 Å². The normalized spacial score (nSPS) is 12.2. The van der Waals surface area contributed by atoms with Crippen molar-refractivity contribution >= 4 is 51.5 Å². The Morgan fingerprint density at radius 3 is 2.26 bits per heavy atom. The average Bonchev–Trinajstić information content (AvgIpc) is 2.83. The maximum atomic E-state index is 5.75. The Kier molecular flexibility index (Phi) is 7.11. The largest absolute Gasteiger partial charge is 0.350 e. The van der Waals surface area contributed by atoms with Gasteiger partial charge >= 0.3 is 0 Å². The van der Waals surface area contributed by atoms with Crippen LogP contribution in [-0.4, -0.2) is 47.5 Å². The van der Waals surface area contributed by atoms with Crippen LogP contribution in [0.4, 0.5) is 5.13 Å². The zero-order valence-corrected chi connectivity index (χ0v) is 14.5. The van der Waals surface area contributed by atoms with Gasteiger partial charge in [-0.3, -0.25) is 0 Å². The first kappa shape index (κ1) is 17.2. The van der Waals surface area contributed by atoms with E-state index in [4.69, 9.17) is 34.8 Å². The number of rotatable bonds is 7. The van der Waals surface area contributed by atoms with Gasteiger partial charge in [0.05, 0.1) is 0 Å². The van der Waals surface area contributed by atoms with Gasteiger partial charge in [0.15, 0.2) is 5.82 Å². The highest BCUT2D eigenvalue weighted by molar-refractivity contribution is 7.09. The van der Waals surface area contributed by atoms with Crippen molar-refractivity contribution in [2.24, 2.45) is 0 Å². The van der Waals surface area contributed by atoms with Gasteiger partial charge in [0.25, 0.3) is 3.79 Å². The second kappa shape index (κ2) is 7.84. The number of anilines is 1. The van der Waals surface area contributed by atoms with Crippen LogP contribution in [0.25, 0.3) is 0 Å². The zero-order valence-electron chi connectivity index (χ0n) is 11.4. The molecule has 0 N–H and O–H groups in total. The van der Waals surface area contributed by atoms with Crippen LogP contribution in [0, 0.1) is 0 Å². The van der Waals surface area contributed by atoms with Gasteiger partial charge in [0.2, 0.25) is 5.13 Å². The van der Waals surface area contributed by atoms with Gasteiger partial charge in [-0.25, -0.2) is 0 Å². The van der Waals surface area contributed by atoms with Crippen molar-refractivity contribution in [3.8, 4) is 0 Å². The molecule has 0 aliphatic rings. The third-order valence-corrected chi connectivity index (χ3v) is 4.20. The second-order valence-electron chi connectivity index (χ2n) is 4.20. The van der Waals surface area contributed by atoms with Crippen molar-refractivity contribution in [1.29, 1.82) is 0 Å². The standard InChI is InChI=1S/C11H19Cl3N4S/c1-4-18(5-2)8-6-7-17(3)10-15-9(16-19-10)11(12,13)14/h4-8H2,1-3H3. The molecule has 110 valence electrons. The molecule has 0 amide bonds. The summed E-state index contributed by atoms with van der Waals surface area (Å²) in [6.45, 7) is 8.49. The quantitative estimate of drug-likeness (QED) is 0.708. The Balaban J connectivity index is 2.45. The van der Waals surface area contributed by atoms with Crippen molar-refractivity contribution in [2.75, 3.05) is 38.1 Å². The smallest absolute Gasteiger partial charge is 0.251 e. The number of halogens is 3. The minimum atomic E-state index is -1.54.